The van der Waals surface area contributed by atoms with E-state index in [1.54, 1.807) is 24.3 Å². The van der Waals surface area contributed by atoms with Gasteiger partial charge in [0.15, 0.2) is 5.78 Å². The van der Waals surface area contributed by atoms with Gasteiger partial charge in [-0.05, 0) is 19.4 Å². The number of terminal acetylenes is 1. The number of benzene rings is 1. The summed E-state index contributed by atoms with van der Waals surface area (Å²) in [6.07, 6.45) is 5.17. The van der Waals surface area contributed by atoms with E-state index in [-0.39, 0.29) is 5.78 Å². The van der Waals surface area contributed by atoms with E-state index in [9.17, 15) is 9.90 Å². The molecule has 1 aromatic carbocycles. The van der Waals surface area contributed by atoms with Gasteiger partial charge in [0.2, 0.25) is 0 Å². The molecule has 0 bridgehead atoms. The molecule has 1 N–H and O–H groups in total. The Morgan fingerprint density at radius 3 is 2.29 bits per heavy atom. The van der Waals surface area contributed by atoms with Crippen molar-refractivity contribution in [2.45, 2.75) is 19.4 Å². The number of carbonyl (C=O) groups excluding carboxylic acids is 1. The minimum absolute atomic E-state index is 0.00287. The van der Waals surface area contributed by atoms with Crippen molar-refractivity contribution >= 4 is 5.78 Å². The van der Waals surface area contributed by atoms with Crippen LogP contribution in [0.1, 0.15) is 29.8 Å². The third kappa shape index (κ3) is 2.01. The van der Waals surface area contributed by atoms with Gasteiger partial charge in [0.05, 0.1) is 0 Å². The average molecular weight is 188 g/mol. The number of hydrogen-bond donors (Lipinski definition) is 1. The van der Waals surface area contributed by atoms with Crippen molar-refractivity contribution in [3.05, 3.63) is 35.4 Å². The van der Waals surface area contributed by atoms with Gasteiger partial charge in [-0.1, -0.05) is 30.2 Å². The molecular weight excluding hydrogens is 176 g/mol. The van der Waals surface area contributed by atoms with Gasteiger partial charge in [-0.25, -0.2) is 0 Å². The Morgan fingerprint density at radius 2 is 1.93 bits per heavy atom. The molecule has 0 aliphatic carbocycles. The van der Waals surface area contributed by atoms with Gasteiger partial charge < -0.3 is 5.11 Å². The fourth-order valence-electron chi connectivity index (χ4n) is 1.11. The largest absolute Gasteiger partial charge is 0.374 e. The molecule has 1 rings (SSSR count). The Labute approximate surface area is 83.6 Å². The highest BCUT2D eigenvalue weighted by Gasteiger charge is 2.19. The number of ketones is 1. The molecule has 0 heterocycles. The lowest BCUT2D eigenvalue weighted by Crippen LogP contribution is -2.17. The zero-order valence-electron chi connectivity index (χ0n) is 8.24. The molecule has 1 atom stereocenters. The van der Waals surface area contributed by atoms with E-state index in [0.717, 1.165) is 0 Å². The van der Waals surface area contributed by atoms with Crippen LogP contribution in [-0.4, -0.2) is 10.9 Å². The van der Waals surface area contributed by atoms with Crippen molar-refractivity contribution in [1.82, 2.24) is 0 Å². The summed E-state index contributed by atoms with van der Waals surface area (Å²) >= 11 is 0. The Morgan fingerprint density at radius 1 is 1.43 bits per heavy atom. The Kier molecular flexibility index (Phi) is 2.73. The molecule has 1 unspecified atom stereocenters. The molecule has 0 saturated carbocycles. The van der Waals surface area contributed by atoms with Crippen molar-refractivity contribution in [2.24, 2.45) is 0 Å². The van der Waals surface area contributed by atoms with E-state index in [4.69, 9.17) is 6.42 Å². The highest BCUT2D eigenvalue weighted by molar-refractivity contribution is 5.94. The smallest absolute Gasteiger partial charge is 0.159 e. The molecule has 0 amide bonds. The minimum atomic E-state index is -1.27. The first-order valence-electron chi connectivity index (χ1n) is 4.29. The third-order valence-electron chi connectivity index (χ3n) is 2.13. The standard InChI is InChI=1S/C12H12O2/c1-4-12(3,14)11-7-5-10(6-8-11)9(2)13/h1,5-8,14H,2-3H3. The normalized spacial score (nSPS) is 14.1. The summed E-state index contributed by atoms with van der Waals surface area (Å²) in [5.41, 5.74) is -0.0402. The predicted molar refractivity (Wildman–Crippen MR) is 54.9 cm³/mol. The van der Waals surface area contributed by atoms with Crippen molar-refractivity contribution in [2.75, 3.05) is 0 Å². The summed E-state index contributed by atoms with van der Waals surface area (Å²) in [4.78, 5) is 11.0. The van der Waals surface area contributed by atoms with Crippen LogP contribution in [-0.2, 0) is 5.60 Å². The van der Waals surface area contributed by atoms with E-state index >= 15 is 0 Å². The molecule has 2 nitrogen and oxygen atoms in total. The van der Waals surface area contributed by atoms with Crippen molar-refractivity contribution in [1.29, 1.82) is 0 Å². The Hall–Kier alpha value is -1.59. The van der Waals surface area contributed by atoms with Crippen molar-refractivity contribution < 1.29 is 9.90 Å². The lowest BCUT2D eigenvalue weighted by atomic mass is 9.95. The fraction of sp³-hybridized carbons (Fsp3) is 0.250. The molecule has 0 fully saturated rings. The monoisotopic (exact) mass is 188 g/mol. The molecule has 72 valence electrons. The van der Waals surface area contributed by atoms with Crippen molar-refractivity contribution in [3.63, 3.8) is 0 Å². The first-order chi connectivity index (χ1) is 6.47. The molecule has 0 radical (unpaired) electrons. The van der Waals surface area contributed by atoms with E-state index in [1.165, 1.54) is 13.8 Å². The highest BCUT2D eigenvalue weighted by atomic mass is 16.3. The van der Waals surface area contributed by atoms with Crippen LogP contribution in [0.4, 0.5) is 0 Å². The van der Waals surface area contributed by atoms with Crippen LogP contribution in [0, 0.1) is 12.3 Å². The summed E-state index contributed by atoms with van der Waals surface area (Å²) in [5.74, 6) is 2.27. The van der Waals surface area contributed by atoms with Gasteiger partial charge >= 0.3 is 0 Å². The Bertz CT molecular complexity index is 380. The second kappa shape index (κ2) is 3.65. The lowest BCUT2D eigenvalue weighted by molar-refractivity contribution is 0.101. The molecule has 1 aromatic rings. The number of Topliss-reactive ketones (excluding diaryl/α,β-unsaturated/α-hetero) is 1. The van der Waals surface area contributed by atoms with Gasteiger partial charge in [0, 0.05) is 5.56 Å². The van der Waals surface area contributed by atoms with Gasteiger partial charge in [-0.15, -0.1) is 6.42 Å². The maximum absolute atomic E-state index is 11.0. The van der Waals surface area contributed by atoms with Crippen LogP contribution in [0.25, 0.3) is 0 Å². The summed E-state index contributed by atoms with van der Waals surface area (Å²) < 4.78 is 0. The van der Waals surface area contributed by atoms with E-state index < -0.39 is 5.60 Å². The summed E-state index contributed by atoms with van der Waals surface area (Å²) in [7, 11) is 0. The predicted octanol–water partition coefficient (Wildman–Crippen LogP) is 1.73. The number of rotatable bonds is 2. The summed E-state index contributed by atoms with van der Waals surface area (Å²) in [6.45, 7) is 3.03. The molecule has 0 spiro atoms. The number of aliphatic hydroxyl groups is 1. The molecule has 2 heteroatoms. The van der Waals surface area contributed by atoms with Crippen LogP contribution in [0.2, 0.25) is 0 Å². The van der Waals surface area contributed by atoms with Crippen LogP contribution >= 0.6 is 0 Å². The second-order valence-electron chi connectivity index (χ2n) is 3.35. The van der Waals surface area contributed by atoms with Crippen molar-refractivity contribution in [3.8, 4) is 12.3 Å². The number of carbonyl (C=O) groups is 1. The molecule has 0 aliphatic heterocycles. The SMILES string of the molecule is C#CC(C)(O)c1ccc(C(C)=O)cc1. The Balaban J connectivity index is 3.07. The van der Waals surface area contributed by atoms with Crippen LogP contribution in [0.3, 0.4) is 0 Å². The highest BCUT2D eigenvalue weighted by Crippen LogP contribution is 2.19. The zero-order valence-corrected chi connectivity index (χ0v) is 8.24. The first-order valence-corrected chi connectivity index (χ1v) is 4.29. The number of hydrogen-bond acceptors (Lipinski definition) is 2. The maximum atomic E-state index is 11.0. The summed E-state index contributed by atoms with van der Waals surface area (Å²) in [6, 6.07) is 6.64. The first kappa shape index (κ1) is 10.5. The quantitative estimate of drug-likeness (QED) is 0.567. The van der Waals surface area contributed by atoms with Crippen LogP contribution in [0.15, 0.2) is 24.3 Å². The van der Waals surface area contributed by atoms with Gasteiger partial charge in [0.1, 0.15) is 5.60 Å². The molecular formula is C12H12O2. The van der Waals surface area contributed by atoms with Crippen LogP contribution < -0.4 is 0 Å². The maximum Gasteiger partial charge on any atom is 0.159 e. The van der Waals surface area contributed by atoms with Crippen LogP contribution in [0.5, 0.6) is 0 Å². The minimum Gasteiger partial charge on any atom is -0.374 e. The van der Waals surface area contributed by atoms with E-state index in [1.807, 2.05) is 0 Å². The van der Waals surface area contributed by atoms with E-state index in [0.29, 0.717) is 11.1 Å². The van der Waals surface area contributed by atoms with Gasteiger partial charge in [0.25, 0.3) is 0 Å². The average Bonchev–Trinajstić information content (AvgIpc) is 2.18. The molecule has 0 aromatic heterocycles. The van der Waals surface area contributed by atoms with Gasteiger partial charge in [-0.2, -0.15) is 0 Å². The second-order valence-corrected chi connectivity index (χ2v) is 3.35. The van der Waals surface area contributed by atoms with Gasteiger partial charge in [-0.3, -0.25) is 4.79 Å². The molecule has 14 heavy (non-hydrogen) atoms. The lowest BCUT2D eigenvalue weighted by Gasteiger charge is -2.16. The third-order valence-corrected chi connectivity index (χ3v) is 2.13. The molecule has 0 aliphatic rings. The topological polar surface area (TPSA) is 37.3 Å². The zero-order chi connectivity index (χ0) is 10.8. The van der Waals surface area contributed by atoms with E-state index in [2.05, 4.69) is 5.92 Å². The fourth-order valence-corrected chi connectivity index (χ4v) is 1.11. The summed E-state index contributed by atoms with van der Waals surface area (Å²) in [5, 5.41) is 9.70. The molecule has 0 saturated heterocycles.